The molecule has 1 N–H and O–H groups in total. The summed E-state index contributed by atoms with van der Waals surface area (Å²) < 4.78 is 11.6. The zero-order valence-corrected chi connectivity index (χ0v) is 20.5. The summed E-state index contributed by atoms with van der Waals surface area (Å²) in [5.41, 5.74) is 4.55. The molecule has 5 nitrogen and oxygen atoms in total. The molecule has 8 heteroatoms. The van der Waals surface area contributed by atoms with Gasteiger partial charge in [0, 0.05) is 16.1 Å². The minimum Gasteiger partial charge on any atom is -0.489 e. The first-order valence-electron chi connectivity index (χ1n) is 10.5. The van der Waals surface area contributed by atoms with Crippen molar-refractivity contribution in [2.75, 3.05) is 0 Å². The number of carbonyl (C=O) groups is 1. The summed E-state index contributed by atoms with van der Waals surface area (Å²) in [6.07, 6.45) is 1.53. The van der Waals surface area contributed by atoms with E-state index < -0.39 is 0 Å². The van der Waals surface area contributed by atoms with Crippen LogP contribution in [0.4, 0.5) is 0 Å². The van der Waals surface area contributed by atoms with Crippen LogP contribution in [-0.2, 0) is 6.61 Å². The van der Waals surface area contributed by atoms with Gasteiger partial charge in [-0.3, -0.25) is 4.79 Å². The van der Waals surface area contributed by atoms with Crippen LogP contribution in [0.15, 0.2) is 96.1 Å². The van der Waals surface area contributed by atoms with Gasteiger partial charge in [0.25, 0.3) is 5.91 Å². The van der Waals surface area contributed by atoms with Crippen molar-refractivity contribution in [2.45, 2.75) is 6.61 Å². The fraction of sp³-hybridized carbons (Fsp3) is 0.0370. The molecule has 0 unspecified atom stereocenters. The number of nitrogens with one attached hydrogen (secondary N) is 1. The van der Waals surface area contributed by atoms with Crippen molar-refractivity contribution in [2.24, 2.45) is 5.10 Å². The number of rotatable bonds is 8. The largest absolute Gasteiger partial charge is 0.489 e. The summed E-state index contributed by atoms with van der Waals surface area (Å²) in [5, 5.41) is 5.66. The molecule has 1 amide bonds. The Hall–Kier alpha value is -3.51. The van der Waals surface area contributed by atoms with Gasteiger partial charge in [-0.15, -0.1) is 0 Å². The lowest BCUT2D eigenvalue weighted by Gasteiger charge is -2.09. The van der Waals surface area contributed by atoms with Gasteiger partial charge in [-0.25, -0.2) is 5.43 Å². The molecule has 0 bridgehead atoms. The SMILES string of the molecule is O=C(N/N=C/c1ccccc1Oc1ccc(Cl)cc1)c1ccc(OCc2ccc(Cl)c(Cl)c2)cc1. The lowest BCUT2D eigenvalue weighted by atomic mass is 10.2. The minimum atomic E-state index is -0.353. The molecule has 0 saturated heterocycles. The van der Waals surface area contributed by atoms with Crippen molar-refractivity contribution < 1.29 is 14.3 Å². The summed E-state index contributed by atoms with van der Waals surface area (Å²) in [7, 11) is 0. The van der Waals surface area contributed by atoms with Crippen LogP contribution in [0.1, 0.15) is 21.5 Å². The van der Waals surface area contributed by atoms with E-state index in [1.54, 1.807) is 60.7 Å². The van der Waals surface area contributed by atoms with E-state index >= 15 is 0 Å². The molecule has 0 aliphatic heterocycles. The van der Waals surface area contributed by atoms with Crippen LogP contribution in [0.5, 0.6) is 17.2 Å². The van der Waals surface area contributed by atoms with Crippen LogP contribution in [0.3, 0.4) is 0 Å². The lowest BCUT2D eigenvalue weighted by Crippen LogP contribution is -2.17. The lowest BCUT2D eigenvalue weighted by molar-refractivity contribution is 0.0955. The summed E-state index contributed by atoms with van der Waals surface area (Å²) >= 11 is 17.9. The standard InChI is InChI=1S/C27H19Cl3N2O3/c28-21-8-12-23(13-9-21)35-26-4-2-1-3-20(26)16-31-32-27(33)19-6-10-22(11-7-19)34-17-18-5-14-24(29)25(30)15-18/h1-16H,17H2,(H,32,33)/b31-16+. The van der Waals surface area contributed by atoms with E-state index in [2.05, 4.69) is 10.5 Å². The molecular formula is C27H19Cl3N2O3. The monoisotopic (exact) mass is 524 g/mol. The first-order valence-corrected chi connectivity index (χ1v) is 11.6. The second-order valence-corrected chi connectivity index (χ2v) is 8.61. The van der Waals surface area contributed by atoms with Crippen LogP contribution < -0.4 is 14.9 Å². The molecule has 4 aromatic carbocycles. The Kier molecular flexibility index (Phi) is 8.27. The molecule has 0 saturated carbocycles. The molecule has 0 aliphatic carbocycles. The average molecular weight is 526 g/mol. The molecule has 4 rings (SSSR count). The highest BCUT2D eigenvalue weighted by atomic mass is 35.5. The predicted molar refractivity (Wildman–Crippen MR) is 140 cm³/mol. The van der Waals surface area contributed by atoms with E-state index in [0.29, 0.717) is 50.1 Å². The molecule has 0 fully saturated rings. The highest BCUT2D eigenvalue weighted by molar-refractivity contribution is 6.42. The number of hydrogen-bond donors (Lipinski definition) is 1. The van der Waals surface area contributed by atoms with Gasteiger partial charge in [0.1, 0.15) is 23.9 Å². The Labute approximate surface area is 217 Å². The van der Waals surface area contributed by atoms with Crippen LogP contribution in [0.25, 0.3) is 0 Å². The average Bonchev–Trinajstić information content (AvgIpc) is 2.87. The summed E-state index contributed by atoms with van der Waals surface area (Å²) in [6, 6.07) is 26.5. The van der Waals surface area contributed by atoms with Crippen LogP contribution >= 0.6 is 34.8 Å². The zero-order chi connectivity index (χ0) is 24.6. The number of hydrogen-bond acceptors (Lipinski definition) is 4. The van der Waals surface area contributed by atoms with Crippen molar-refractivity contribution >= 4 is 46.9 Å². The number of hydrazone groups is 1. The van der Waals surface area contributed by atoms with Crippen molar-refractivity contribution in [3.05, 3.63) is 123 Å². The number of nitrogens with zero attached hydrogens (tertiary/aromatic N) is 1. The third kappa shape index (κ3) is 6.99. The Morgan fingerprint density at radius 1 is 0.829 bits per heavy atom. The van der Waals surface area contributed by atoms with Gasteiger partial charge in [0.2, 0.25) is 0 Å². The quantitative estimate of drug-likeness (QED) is 0.189. The van der Waals surface area contributed by atoms with Crippen molar-refractivity contribution in [1.82, 2.24) is 5.43 Å². The van der Waals surface area contributed by atoms with Gasteiger partial charge in [0.05, 0.1) is 16.3 Å². The van der Waals surface area contributed by atoms with Gasteiger partial charge < -0.3 is 9.47 Å². The molecule has 0 radical (unpaired) electrons. The molecule has 35 heavy (non-hydrogen) atoms. The maximum atomic E-state index is 12.5. The van der Waals surface area contributed by atoms with E-state index in [1.165, 1.54) is 6.21 Å². The number of amides is 1. The van der Waals surface area contributed by atoms with Crippen molar-refractivity contribution in [3.63, 3.8) is 0 Å². The number of carbonyl (C=O) groups excluding carboxylic acids is 1. The van der Waals surface area contributed by atoms with Gasteiger partial charge in [0.15, 0.2) is 0 Å². The smallest absolute Gasteiger partial charge is 0.271 e. The molecule has 0 spiro atoms. The summed E-state index contributed by atoms with van der Waals surface area (Å²) in [4.78, 5) is 12.5. The second kappa shape index (κ2) is 11.8. The molecule has 4 aromatic rings. The highest BCUT2D eigenvalue weighted by Gasteiger charge is 2.07. The van der Waals surface area contributed by atoms with E-state index in [1.807, 2.05) is 30.3 Å². The minimum absolute atomic E-state index is 0.324. The highest BCUT2D eigenvalue weighted by Crippen LogP contribution is 2.26. The number of benzene rings is 4. The fourth-order valence-electron chi connectivity index (χ4n) is 3.03. The molecular weight excluding hydrogens is 507 g/mol. The molecule has 0 aromatic heterocycles. The Bertz CT molecular complexity index is 1340. The van der Waals surface area contributed by atoms with Crippen molar-refractivity contribution in [1.29, 1.82) is 0 Å². The molecule has 0 aliphatic rings. The molecule has 0 heterocycles. The Balaban J connectivity index is 1.33. The maximum Gasteiger partial charge on any atom is 0.271 e. The van der Waals surface area contributed by atoms with Crippen LogP contribution in [0, 0.1) is 0 Å². The summed E-state index contributed by atoms with van der Waals surface area (Å²) in [6.45, 7) is 0.324. The topological polar surface area (TPSA) is 59.9 Å². The van der Waals surface area contributed by atoms with Gasteiger partial charge in [-0.1, -0.05) is 53.0 Å². The third-order valence-corrected chi connectivity index (χ3v) is 5.83. The van der Waals surface area contributed by atoms with Crippen molar-refractivity contribution in [3.8, 4) is 17.2 Å². The van der Waals surface area contributed by atoms with Crippen LogP contribution in [-0.4, -0.2) is 12.1 Å². The van der Waals surface area contributed by atoms with Gasteiger partial charge in [-0.2, -0.15) is 5.10 Å². The number of para-hydroxylation sites is 1. The second-order valence-electron chi connectivity index (χ2n) is 7.35. The zero-order valence-electron chi connectivity index (χ0n) is 18.3. The van der Waals surface area contributed by atoms with Gasteiger partial charge in [-0.05, 0) is 78.4 Å². The number of ether oxygens (including phenoxy) is 2. The maximum absolute atomic E-state index is 12.5. The summed E-state index contributed by atoms with van der Waals surface area (Å²) in [5.74, 6) is 1.50. The Morgan fingerprint density at radius 2 is 1.54 bits per heavy atom. The van der Waals surface area contributed by atoms with E-state index in [4.69, 9.17) is 44.3 Å². The van der Waals surface area contributed by atoms with Crippen LogP contribution in [0.2, 0.25) is 15.1 Å². The predicted octanol–water partition coefficient (Wildman–Crippen LogP) is 7.78. The first kappa shape index (κ1) is 24.6. The van der Waals surface area contributed by atoms with Gasteiger partial charge >= 0.3 is 0 Å². The van der Waals surface area contributed by atoms with E-state index in [9.17, 15) is 4.79 Å². The fourth-order valence-corrected chi connectivity index (χ4v) is 3.48. The van der Waals surface area contributed by atoms with E-state index in [0.717, 1.165) is 5.56 Å². The third-order valence-electron chi connectivity index (χ3n) is 4.84. The molecule has 0 atom stereocenters. The Morgan fingerprint density at radius 3 is 2.29 bits per heavy atom. The number of halogens is 3. The molecule has 176 valence electrons. The normalized spacial score (nSPS) is 10.8. The van der Waals surface area contributed by atoms with E-state index in [-0.39, 0.29) is 5.91 Å². The first-order chi connectivity index (χ1) is 17.0.